The van der Waals surface area contributed by atoms with Gasteiger partial charge in [-0.05, 0) is 59.1 Å². The van der Waals surface area contributed by atoms with Crippen LogP contribution in [0.25, 0.3) is 0 Å². The van der Waals surface area contributed by atoms with Gasteiger partial charge in [-0.25, -0.2) is 13.1 Å². The van der Waals surface area contributed by atoms with E-state index < -0.39 is 10.0 Å². The first-order chi connectivity index (χ1) is 9.96. The van der Waals surface area contributed by atoms with Gasteiger partial charge in [0.05, 0.1) is 11.5 Å². The third kappa shape index (κ3) is 4.26. The SMILES string of the molecule is CCN1CCC(CNS(=O)(=O)c2ccc(CO)cc2Br)C1. The molecule has 7 heteroatoms. The first kappa shape index (κ1) is 16.9. The number of hydrogen-bond acceptors (Lipinski definition) is 4. The van der Waals surface area contributed by atoms with Crippen molar-refractivity contribution < 1.29 is 13.5 Å². The number of likely N-dealkylation sites (tertiary alicyclic amines) is 1. The summed E-state index contributed by atoms with van der Waals surface area (Å²) in [4.78, 5) is 2.54. The Kier molecular flexibility index (Phi) is 5.79. The van der Waals surface area contributed by atoms with Crippen molar-refractivity contribution in [3.63, 3.8) is 0 Å². The van der Waals surface area contributed by atoms with Gasteiger partial charge in [0.2, 0.25) is 10.0 Å². The van der Waals surface area contributed by atoms with Gasteiger partial charge in [-0.2, -0.15) is 0 Å². The molecule has 1 unspecified atom stereocenters. The summed E-state index contributed by atoms with van der Waals surface area (Å²) in [5.41, 5.74) is 0.676. The molecule has 5 nitrogen and oxygen atoms in total. The standard InChI is InChI=1S/C14H21BrN2O3S/c1-2-17-6-5-12(9-17)8-16-21(19,20)14-4-3-11(10-18)7-13(14)15/h3-4,7,12,16,18H,2,5-6,8-10H2,1H3. The molecule has 0 aliphatic carbocycles. The van der Waals surface area contributed by atoms with Gasteiger partial charge >= 0.3 is 0 Å². The minimum Gasteiger partial charge on any atom is -0.392 e. The average Bonchev–Trinajstić information content (AvgIpc) is 2.93. The molecule has 118 valence electrons. The molecule has 0 saturated carbocycles. The number of aliphatic hydroxyl groups excluding tert-OH is 1. The maximum Gasteiger partial charge on any atom is 0.241 e. The zero-order chi connectivity index (χ0) is 15.5. The van der Waals surface area contributed by atoms with Crippen LogP contribution in [0.2, 0.25) is 0 Å². The summed E-state index contributed by atoms with van der Waals surface area (Å²) in [6.07, 6.45) is 1.03. The number of nitrogens with zero attached hydrogens (tertiary/aromatic N) is 1. The Morgan fingerprint density at radius 2 is 2.24 bits per heavy atom. The third-order valence-corrected chi connectivity index (χ3v) is 6.25. The number of nitrogens with one attached hydrogen (secondary N) is 1. The lowest BCUT2D eigenvalue weighted by molar-refractivity contribution is 0.281. The van der Waals surface area contributed by atoms with E-state index in [0.717, 1.165) is 26.1 Å². The van der Waals surface area contributed by atoms with Crippen molar-refractivity contribution in [3.05, 3.63) is 28.2 Å². The van der Waals surface area contributed by atoms with E-state index in [2.05, 4.69) is 32.5 Å². The normalized spacial score (nSPS) is 20.0. The molecule has 21 heavy (non-hydrogen) atoms. The highest BCUT2D eigenvalue weighted by Crippen LogP contribution is 2.24. The molecule has 1 aliphatic rings. The lowest BCUT2D eigenvalue weighted by Gasteiger charge is -2.14. The van der Waals surface area contributed by atoms with Gasteiger partial charge in [-0.3, -0.25) is 0 Å². The number of aliphatic hydroxyl groups is 1. The molecule has 1 aromatic carbocycles. The zero-order valence-corrected chi connectivity index (χ0v) is 14.5. The Balaban J connectivity index is 2.02. The minimum absolute atomic E-state index is 0.110. The largest absolute Gasteiger partial charge is 0.392 e. The van der Waals surface area contributed by atoms with Crippen molar-refractivity contribution in [1.29, 1.82) is 0 Å². The molecule has 0 bridgehead atoms. The first-order valence-corrected chi connectivity index (χ1v) is 9.35. The fourth-order valence-corrected chi connectivity index (χ4v) is 4.77. The second-order valence-corrected chi connectivity index (χ2v) is 7.91. The van der Waals surface area contributed by atoms with Crippen LogP contribution in [0.4, 0.5) is 0 Å². The summed E-state index contributed by atoms with van der Waals surface area (Å²) in [5, 5.41) is 9.06. The molecule has 1 heterocycles. The van der Waals surface area contributed by atoms with Crippen molar-refractivity contribution in [2.45, 2.75) is 24.8 Å². The fourth-order valence-electron chi connectivity index (χ4n) is 2.53. The molecule has 2 N–H and O–H groups in total. The first-order valence-electron chi connectivity index (χ1n) is 7.07. The van der Waals surface area contributed by atoms with Gasteiger partial charge in [0.15, 0.2) is 0 Å². The van der Waals surface area contributed by atoms with E-state index in [1.807, 2.05) is 0 Å². The van der Waals surface area contributed by atoms with E-state index >= 15 is 0 Å². The van der Waals surface area contributed by atoms with Crippen LogP contribution in [0, 0.1) is 5.92 Å². The molecular weight excluding hydrogens is 356 g/mol. The molecule has 1 fully saturated rings. The van der Waals surface area contributed by atoms with E-state index in [0.29, 0.717) is 22.5 Å². The number of benzene rings is 1. The van der Waals surface area contributed by atoms with Crippen molar-refractivity contribution in [2.75, 3.05) is 26.2 Å². The van der Waals surface area contributed by atoms with Crippen molar-refractivity contribution in [1.82, 2.24) is 9.62 Å². The number of sulfonamides is 1. The Labute approximate surface area is 134 Å². The molecule has 1 saturated heterocycles. The van der Waals surface area contributed by atoms with E-state index in [-0.39, 0.29) is 11.5 Å². The van der Waals surface area contributed by atoms with Gasteiger partial charge in [0, 0.05) is 17.6 Å². The predicted octanol–water partition coefficient (Wildman–Crippen LogP) is 1.56. The maximum absolute atomic E-state index is 12.3. The molecule has 0 radical (unpaired) electrons. The Morgan fingerprint density at radius 3 is 2.81 bits per heavy atom. The molecule has 2 rings (SSSR count). The second kappa shape index (κ2) is 7.19. The molecule has 0 aromatic heterocycles. The van der Waals surface area contributed by atoms with Gasteiger partial charge in [-0.15, -0.1) is 0 Å². The van der Waals surface area contributed by atoms with Crippen LogP contribution >= 0.6 is 15.9 Å². The van der Waals surface area contributed by atoms with Crippen molar-refractivity contribution in [2.24, 2.45) is 5.92 Å². The second-order valence-electron chi connectivity index (χ2n) is 5.32. The highest BCUT2D eigenvalue weighted by atomic mass is 79.9. The quantitative estimate of drug-likeness (QED) is 0.790. The molecule has 1 aromatic rings. The third-order valence-electron chi connectivity index (χ3n) is 3.85. The predicted molar refractivity (Wildman–Crippen MR) is 85.5 cm³/mol. The fraction of sp³-hybridized carbons (Fsp3) is 0.571. The van der Waals surface area contributed by atoms with Crippen LogP contribution in [-0.2, 0) is 16.6 Å². The Bertz CT molecular complexity index is 592. The van der Waals surface area contributed by atoms with E-state index in [4.69, 9.17) is 5.11 Å². The van der Waals surface area contributed by atoms with Crippen LogP contribution in [0.5, 0.6) is 0 Å². The summed E-state index contributed by atoms with van der Waals surface area (Å²) in [6.45, 7) is 5.47. The summed E-state index contributed by atoms with van der Waals surface area (Å²) in [5.74, 6) is 0.371. The number of halogens is 1. The molecule has 0 amide bonds. The summed E-state index contributed by atoms with van der Waals surface area (Å²) in [6, 6.07) is 4.77. The van der Waals surface area contributed by atoms with E-state index in [9.17, 15) is 8.42 Å². The Morgan fingerprint density at radius 1 is 1.48 bits per heavy atom. The van der Waals surface area contributed by atoms with Gasteiger partial charge in [0.25, 0.3) is 0 Å². The van der Waals surface area contributed by atoms with Crippen molar-refractivity contribution in [3.8, 4) is 0 Å². The topological polar surface area (TPSA) is 69.6 Å². The van der Waals surface area contributed by atoms with Crippen LogP contribution < -0.4 is 4.72 Å². The highest BCUT2D eigenvalue weighted by Gasteiger charge is 2.24. The zero-order valence-electron chi connectivity index (χ0n) is 12.0. The van der Waals surface area contributed by atoms with Gasteiger partial charge in [0.1, 0.15) is 0 Å². The summed E-state index contributed by atoms with van der Waals surface area (Å²) in [7, 11) is -3.52. The molecule has 1 aliphatic heterocycles. The van der Waals surface area contributed by atoms with Crippen LogP contribution in [-0.4, -0.2) is 44.6 Å². The molecule has 0 spiro atoms. The summed E-state index contributed by atoms with van der Waals surface area (Å²) < 4.78 is 27.9. The van der Waals surface area contributed by atoms with Crippen molar-refractivity contribution >= 4 is 26.0 Å². The van der Waals surface area contributed by atoms with Crippen LogP contribution in [0.3, 0.4) is 0 Å². The van der Waals surface area contributed by atoms with E-state index in [1.165, 1.54) is 6.07 Å². The van der Waals surface area contributed by atoms with Gasteiger partial charge < -0.3 is 10.0 Å². The van der Waals surface area contributed by atoms with E-state index in [1.54, 1.807) is 12.1 Å². The molecule has 1 atom stereocenters. The van der Waals surface area contributed by atoms with Gasteiger partial charge in [-0.1, -0.05) is 13.0 Å². The number of rotatable bonds is 6. The average molecular weight is 377 g/mol. The summed E-state index contributed by atoms with van der Waals surface area (Å²) >= 11 is 3.26. The highest BCUT2D eigenvalue weighted by molar-refractivity contribution is 9.10. The minimum atomic E-state index is -3.52. The van der Waals surface area contributed by atoms with Crippen LogP contribution in [0.15, 0.2) is 27.6 Å². The lowest BCUT2D eigenvalue weighted by atomic mass is 10.1. The lowest BCUT2D eigenvalue weighted by Crippen LogP contribution is -2.31. The maximum atomic E-state index is 12.3. The Hall–Kier alpha value is -0.470. The van der Waals surface area contributed by atoms with Crippen LogP contribution in [0.1, 0.15) is 18.9 Å². The number of hydrogen-bond donors (Lipinski definition) is 2. The smallest absolute Gasteiger partial charge is 0.241 e. The monoisotopic (exact) mass is 376 g/mol. The molecular formula is C14H21BrN2O3S.